The molecule has 27 heavy (non-hydrogen) atoms. The Hall–Kier alpha value is -2.09. The highest BCUT2D eigenvalue weighted by Crippen LogP contribution is 2.25. The third-order valence-electron chi connectivity index (χ3n) is 4.21. The van der Waals surface area contributed by atoms with Gasteiger partial charge in [-0.1, -0.05) is 6.07 Å². The molecular weight excluding hydrogens is 382 g/mol. The number of aryl methyl sites for hydroxylation is 1. The molecule has 7 heteroatoms. The van der Waals surface area contributed by atoms with Crippen molar-refractivity contribution in [1.82, 2.24) is 4.31 Å². The number of benzene rings is 1. The molecule has 3 rings (SSSR count). The van der Waals surface area contributed by atoms with Crippen LogP contribution in [0.4, 0.5) is 0 Å². The lowest BCUT2D eigenvalue weighted by molar-refractivity contribution is 0.337. The predicted octanol–water partition coefficient (Wildman–Crippen LogP) is 4.48. The van der Waals surface area contributed by atoms with E-state index in [1.54, 1.807) is 48.1 Å². The Bertz CT molecular complexity index is 948. The van der Waals surface area contributed by atoms with E-state index in [0.29, 0.717) is 25.3 Å². The van der Waals surface area contributed by atoms with E-state index in [-0.39, 0.29) is 11.4 Å². The maximum atomic E-state index is 13.3. The van der Waals surface area contributed by atoms with Gasteiger partial charge in [0, 0.05) is 23.5 Å². The first-order valence-corrected chi connectivity index (χ1v) is 11.1. The molecule has 0 spiro atoms. The first-order chi connectivity index (χ1) is 13.0. The summed E-state index contributed by atoms with van der Waals surface area (Å²) in [6, 6.07) is 10.8. The molecular formula is C20H23NO4S2. The first-order valence-electron chi connectivity index (χ1n) is 8.77. The summed E-state index contributed by atoms with van der Waals surface area (Å²) in [4.78, 5) is 1.43. The van der Waals surface area contributed by atoms with Gasteiger partial charge in [-0.2, -0.15) is 4.31 Å². The number of nitrogens with zero attached hydrogens (tertiary/aromatic N) is 1. The second kappa shape index (κ2) is 8.73. The molecule has 2 aromatic heterocycles. The number of sulfonamides is 1. The minimum absolute atomic E-state index is 0.274. The summed E-state index contributed by atoms with van der Waals surface area (Å²) in [6.07, 6.45) is 3.81. The maximum absolute atomic E-state index is 13.3. The second-order valence-electron chi connectivity index (χ2n) is 6.16. The van der Waals surface area contributed by atoms with Crippen molar-refractivity contribution in [3.05, 3.63) is 70.3 Å². The number of ether oxygens (including phenoxy) is 1. The topological polar surface area (TPSA) is 59.8 Å². The van der Waals surface area contributed by atoms with Gasteiger partial charge in [-0.05, 0) is 61.5 Å². The summed E-state index contributed by atoms with van der Waals surface area (Å²) in [5.41, 5.74) is 1.63. The molecule has 0 amide bonds. The molecule has 0 saturated heterocycles. The molecule has 0 saturated carbocycles. The molecule has 0 aliphatic rings. The van der Waals surface area contributed by atoms with Gasteiger partial charge in [0.2, 0.25) is 10.0 Å². The van der Waals surface area contributed by atoms with Crippen LogP contribution in [0.25, 0.3) is 0 Å². The van der Waals surface area contributed by atoms with Gasteiger partial charge in [0.1, 0.15) is 5.75 Å². The van der Waals surface area contributed by atoms with Crippen LogP contribution in [0.15, 0.2) is 63.6 Å². The van der Waals surface area contributed by atoms with Crippen molar-refractivity contribution in [1.29, 1.82) is 0 Å². The molecule has 3 aromatic rings. The van der Waals surface area contributed by atoms with Crippen LogP contribution < -0.4 is 4.74 Å². The molecule has 1 aromatic carbocycles. The summed E-state index contributed by atoms with van der Waals surface area (Å²) in [5.74, 6) is 0.705. The SMILES string of the molecule is CCOc1ccc(S(=O)(=O)N(CCc2cccs2)Cc2ccoc2)cc1C. The largest absolute Gasteiger partial charge is 0.494 e. The predicted molar refractivity (Wildman–Crippen MR) is 107 cm³/mol. The van der Waals surface area contributed by atoms with E-state index in [1.807, 2.05) is 31.4 Å². The number of thiophene rings is 1. The fraction of sp³-hybridized carbons (Fsp3) is 0.300. The van der Waals surface area contributed by atoms with Gasteiger partial charge in [-0.15, -0.1) is 11.3 Å². The third-order valence-corrected chi connectivity index (χ3v) is 6.99. The van der Waals surface area contributed by atoms with Crippen LogP contribution in [-0.4, -0.2) is 25.9 Å². The Morgan fingerprint density at radius 3 is 2.70 bits per heavy atom. The molecule has 0 atom stereocenters. The van der Waals surface area contributed by atoms with Crippen LogP contribution in [0.1, 0.15) is 22.9 Å². The van der Waals surface area contributed by atoms with Gasteiger partial charge in [0.25, 0.3) is 0 Å². The van der Waals surface area contributed by atoms with Gasteiger partial charge in [0.05, 0.1) is 24.0 Å². The van der Waals surface area contributed by atoms with E-state index in [2.05, 4.69) is 0 Å². The molecule has 0 unspecified atom stereocenters. The van der Waals surface area contributed by atoms with Crippen LogP contribution in [0.2, 0.25) is 0 Å². The molecule has 0 fully saturated rings. The van der Waals surface area contributed by atoms with Gasteiger partial charge in [-0.25, -0.2) is 8.42 Å². The minimum atomic E-state index is -3.64. The number of hydrogen-bond acceptors (Lipinski definition) is 5. The molecule has 0 radical (unpaired) electrons. The van der Waals surface area contributed by atoms with Crippen LogP contribution in [0.3, 0.4) is 0 Å². The average molecular weight is 406 g/mol. The average Bonchev–Trinajstić information content (AvgIpc) is 3.34. The summed E-state index contributed by atoms with van der Waals surface area (Å²) < 4.78 is 38.7. The lowest BCUT2D eigenvalue weighted by Crippen LogP contribution is -2.32. The van der Waals surface area contributed by atoms with E-state index in [9.17, 15) is 8.42 Å². The van der Waals surface area contributed by atoms with Crippen molar-refractivity contribution in [2.24, 2.45) is 0 Å². The Labute approximate surface area is 164 Å². The second-order valence-corrected chi connectivity index (χ2v) is 9.13. The van der Waals surface area contributed by atoms with E-state index in [1.165, 1.54) is 4.31 Å². The highest BCUT2D eigenvalue weighted by atomic mass is 32.2. The molecule has 144 valence electrons. The molecule has 0 bridgehead atoms. The van der Waals surface area contributed by atoms with Crippen LogP contribution >= 0.6 is 11.3 Å². The van der Waals surface area contributed by atoms with Crippen molar-refractivity contribution in [2.75, 3.05) is 13.2 Å². The van der Waals surface area contributed by atoms with Crippen molar-refractivity contribution in [3.8, 4) is 5.75 Å². The van der Waals surface area contributed by atoms with Crippen molar-refractivity contribution in [2.45, 2.75) is 31.7 Å². The quantitative estimate of drug-likeness (QED) is 0.527. The molecule has 2 heterocycles. The van der Waals surface area contributed by atoms with Crippen molar-refractivity contribution < 1.29 is 17.6 Å². The molecule has 0 aliphatic carbocycles. The van der Waals surface area contributed by atoms with E-state index in [4.69, 9.17) is 9.15 Å². The molecule has 0 aliphatic heterocycles. The zero-order chi connectivity index (χ0) is 19.3. The lowest BCUT2D eigenvalue weighted by Gasteiger charge is -2.22. The van der Waals surface area contributed by atoms with E-state index in [0.717, 1.165) is 16.0 Å². The zero-order valence-electron chi connectivity index (χ0n) is 15.4. The van der Waals surface area contributed by atoms with Gasteiger partial charge in [-0.3, -0.25) is 0 Å². The third kappa shape index (κ3) is 4.80. The Morgan fingerprint density at radius 2 is 2.07 bits per heavy atom. The first kappa shape index (κ1) is 19.7. The van der Waals surface area contributed by atoms with Crippen LogP contribution in [-0.2, 0) is 23.0 Å². The number of rotatable bonds is 9. The van der Waals surface area contributed by atoms with Crippen LogP contribution in [0, 0.1) is 6.92 Å². The maximum Gasteiger partial charge on any atom is 0.243 e. The number of hydrogen-bond donors (Lipinski definition) is 0. The fourth-order valence-electron chi connectivity index (χ4n) is 2.81. The van der Waals surface area contributed by atoms with Crippen LogP contribution in [0.5, 0.6) is 5.75 Å². The number of furan rings is 1. The van der Waals surface area contributed by atoms with Gasteiger partial charge in [0.15, 0.2) is 0 Å². The van der Waals surface area contributed by atoms with Crippen molar-refractivity contribution in [3.63, 3.8) is 0 Å². The van der Waals surface area contributed by atoms with Crippen molar-refractivity contribution >= 4 is 21.4 Å². The lowest BCUT2D eigenvalue weighted by atomic mass is 10.2. The Balaban J connectivity index is 1.87. The Morgan fingerprint density at radius 1 is 1.22 bits per heavy atom. The summed E-state index contributed by atoms with van der Waals surface area (Å²) >= 11 is 1.63. The van der Waals surface area contributed by atoms with Gasteiger partial charge < -0.3 is 9.15 Å². The molecule has 0 N–H and O–H groups in total. The Kier molecular flexibility index (Phi) is 6.36. The standard InChI is InChI=1S/C20H23NO4S2/c1-3-25-20-7-6-19(13-16(20)2)27(22,23)21(14-17-9-11-24-15-17)10-8-18-5-4-12-26-18/h4-7,9,11-13,15H,3,8,10,14H2,1-2H3. The molecule has 5 nitrogen and oxygen atoms in total. The highest BCUT2D eigenvalue weighted by molar-refractivity contribution is 7.89. The minimum Gasteiger partial charge on any atom is -0.494 e. The summed E-state index contributed by atoms with van der Waals surface area (Å²) in [5, 5.41) is 2.00. The summed E-state index contributed by atoms with van der Waals surface area (Å²) in [6.45, 7) is 4.98. The smallest absolute Gasteiger partial charge is 0.243 e. The summed E-state index contributed by atoms with van der Waals surface area (Å²) in [7, 11) is -3.64. The normalized spacial score (nSPS) is 11.8. The fourth-order valence-corrected chi connectivity index (χ4v) is 5.02. The van der Waals surface area contributed by atoms with E-state index < -0.39 is 10.0 Å². The zero-order valence-corrected chi connectivity index (χ0v) is 17.1. The monoisotopic (exact) mass is 405 g/mol. The highest BCUT2D eigenvalue weighted by Gasteiger charge is 2.25. The van der Waals surface area contributed by atoms with E-state index >= 15 is 0 Å². The van der Waals surface area contributed by atoms with Gasteiger partial charge >= 0.3 is 0 Å².